The zero-order chi connectivity index (χ0) is 12.2. The summed E-state index contributed by atoms with van der Waals surface area (Å²) in [5.74, 6) is 1.77. The van der Waals surface area contributed by atoms with Crippen molar-refractivity contribution in [1.29, 1.82) is 0 Å². The van der Waals surface area contributed by atoms with Gasteiger partial charge in [0, 0.05) is 11.4 Å². The Morgan fingerprint density at radius 2 is 1.94 bits per heavy atom. The molecule has 1 nitrogen and oxygen atoms in total. The summed E-state index contributed by atoms with van der Waals surface area (Å²) in [5.41, 5.74) is 0.0145. The number of hydrogen-bond donors (Lipinski definition) is 0. The molecule has 3 unspecified atom stereocenters. The number of ether oxygens (including phenoxy) is 1. The molecule has 0 heterocycles. The standard InChI is InChI=1S/C14H27BrO/c1-5-11-6-7-13(15)12(10-11)8-9-16-14(2,3)4/h11-13H,5-10H2,1-4H3. The molecule has 0 aromatic heterocycles. The zero-order valence-electron chi connectivity index (χ0n) is 11.3. The zero-order valence-corrected chi connectivity index (χ0v) is 12.8. The van der Waals surface area contributed by atoms with Gasteiger partial charge in [-0.25, -0.2) is 0 Å². The average Bonchev–Trinajstić information content (AvgIpc) is 2.19. The predicted octanol–water partition coefficient (Wildman–Crippen LogP) is 4.78. The first-order chi connectivity index (χ1) is 7.42. The van der Waals surface area contributed by atoms with Crippen LogP contribution in [0.25, 0.3) is 0 Å². The molecule has 0 aromatic rings. The fourth-order valence-electron chi connectivity index (χ4n) is 2.51. The van der Waals surface area contributed by atoms with E-state index in [1.165, 1.54) is 32.1 Å². The maximum Gasteiger partial charge on any atom is 0.0598 e. The molecule has 1 saturated carbocycles. The Kier molecular flexibility index (Phi) is 5.79. The van der Waals surface area contributed by atoms with Gasteiger partial charge in [-0.2, -0.15) is 0 Å². The number of halogens is 1. The molecule has 0 bridgehead atoms. The van der Waals surface area contributed by atoms with Gasteiger partial charge >= 0.3 is 0 Å². The molecule has 2 heteroatoms. The van der Waals surface area contributed by atoms with Gasteiger partial charge < -0.3 is 4.74 Å². The van der Waals surface area contributed by atoms with Crippen molar-refractivity contribution in [2.75, 3.05) is 6.61 Å². The number of rotatable bonds is 4. The van der Waals surface area contributed by atoms with Gasteiger partial charge in [0.2, 0.25) is 0 Å². The fourth-order valence-corrected chi connectivity index (χ4v) is 3.25. The largest absolute Gasteiger partial charge is 0.376 e. The van der Waals surface area contributed by atoms with Crippen molar-refractivity contribution in [3.05, 3.63) is 0 Å². The molecule has 16 heavy (non-hydrogen) atoms. The van der Waals surface area contributed by atoms with Crippen LogP contribution in [0.15, 0.2) is 0 Å². The molecule has 1 fully saturated rings. The number of alkyl halides is 1. The normalized spacial score (nSPS) is 31.7. The summed E-state index contributed by atoms with van der Waals surface area (Å²) < 4.78 is 5.83. The van der Waals surface area contributed by atoms with Crippen molar-refractivity contribution in [1.82, 2.24) is 0 Å². The van der Waals surface area contributed by atoms with Gasteiger partial charge in [0.05, 0.1) is 5.60 Å². The fraction of sp³-hybridized carbons (Fsp3) is 1.00. The van der Waals surface area contributed by atoms with E-state index in [2.05, 4.69) is 43.6 Å². The van der Waals surface area contributed by atoms with Crippen molar-refractivity contribution >= 4 is 15.9 Å². The molecule has 0 spiro atoms. The molecule has 1 aliphatic carbocycles. The van der Waals surface area contributed by atoms with E-state index in [0.29, 0.717) is 0 Å². The van der Waals surface area contributed by atoms with E-state index >= 15 is 0 Å². The quantitative estimate of drug-likeness (QED) is 0.677. The van der Waals surface area contributed by atoms with E-state index in [9.17, 15) is 0 Å². The molecule has 96 valence electrons. The summed E-state index contributed by atoms with van der Waals surface area (Å²) in [6.45, 7) is 9.63. The first-order valence-electron chi connectivity index (χ1n) is 6.70. The smallest absolute Gasteiger partial charge is 0.0598 e. The summed E-state index contributed by atoms with van der Waals surface area (Å²) in [7, 11) is 0. The molecule has 1 rings (SSSR count). The minimum Gasteiger partial charge on any atom is -0.376 e. The van der Waals surface area contributed by atoms with Crippen LogP contribution in [0.4, 0.5) is 0 Å². The summed E-state index contributed by atoms with van der Waals surface area (Å²) in [4.78, 5) is 0.721. The Hall–Kier alpha value is 0.440. The van der Waals surface area contributed by atoms with Crippen LogP contribution < -0.4 is 0 Å². The maximum absolute atomic E-state index is 5.83. The highest BCUT2D eigenvalue weighted by atomic mass is 79.9. The Balaban J connectivity index is 2.28. The van der Waals surface area contributed by atoms with E-state index < -0.39 is 0 Å². The first kappa shape index (κ1) is 14.5. The molecule has 0 aromatic carbocycles. The van der Waals surface area contributed by atoms with Crippen molar-refractivity contribution in [3.8, 4) is 0 Å². The minimum atomic E-state index is 0.0145. The van der Waals surface area contributed by atoms with Gasteiger partial charge in [-0.1, -0.05) is 29.3 Å². The molecule has 0 radical (unpaired) electrons. The van der Waals surface area contributed by atoms with Crippen molar-refractivity contribution in [2.45, 2.75) is 70.2 Å². The van der Waals surface area contributed by atoms with Crippen LogP contribution in [0.5, 0.6) is 0 Å². The topological polar surface area (TPSA) is 9.23 Å². The first-order valence-corrected chi connectivity index (χ1v) is 7.62. The Bertz CT molecular complexity index is 197. The summed E-state index contributed by atoms with van der Waals surface area (Å²) in [6.07, 6.45) is 6.70. The second kappa shape index (κ2) is 6.39. The summed E-state index contributed by atoms with van der Waals surface area (Å²) >= 11 is 3.84. The Morgan fingerprint density at radius 3 is 2.50 bits per heavy atom. The third kappa shape index (κ3) is 5.18. The lowest BCUT2D eigenvalue weighted by Gasteiger charge is -2.33. The van der Waals surface area contributed by atoms with Crippen LogP contribution in [-0.4, -0.2) is 17.0 Å². The molecular weight excluding hydrogens is 264 g/mol. The molecule has 0 aliphatic heterocycles. The van der Waals surface area contributed by atoms with Crippen LogP contribution in [0.3, 0.4) is 0 Å². The highest BCUT2D eigenvalue weighted by molar-refractivity contribution is 9.09. The van der Waals surface area contributed by atoms with E-state index in [1.54, 1.807) is 0 Å². The third-order valence-corrected chi connectivity index (χ3v) is 4.80. The molecular formula is C14H27BrO. The minimum absolute atomic E-state index is 0.0145. The lowest BCUT2D eigenvalue weighted by atomic mass is 9.79. The van der Waals surface area contributed by atoms with E-state index in [1.807, 2.05) is 0 Å². The van der Waals surface area contributed by atoms with Crippen molar-refractivity contribution in [2.24, 2.45) is 11.8 Å². The van der Waals surface area contributed by atoms with Gasteiger partial charge in [0.25, 0.3) is 0 Å². The third-order valence-electron chi connectivity index (χ3n) is 3.60. The van der Waals surface area contributed by atoms with Gasteiger partial charge in [-0.15, -0.1) is 0 Å². The maximum atomic E-state index is 5.83. The molecule has 3 atom stereocenters. The second-order valence-electron chi connectivity index (χ2n) is 6.11. The van der Waals surface area contributed by atoms with Gasteiger partial charge in [-0.05, 0) is 58.3 Å². The SMILES string of the molecule is CCC1CCC(Br)C(CCOC(C)(C)C)C1. The Morgan fingerprint density at radius 1 is 1.25 bits per heavy atom. The van der Waals surface area contributed by atoms with E-state index in [4.69, 9.17) is 4.74 Å². The predicted molar refractivity (Wildman–Crippen MR) is 74.2 cm³/mol. The van der Waals surface area contributed by atoms with Gasteiger partial charge in [0.15, 0.2) is 0 Å². The lowest BCUT2D eigenvalue weighted by molar-refractivity contribution is -0.0116. The van der Waals surface area contributed by atoms with Crippen LogP contribution in [-0.2, 0) is 4.74 Å². The van der Waals surface area contributed by atoms with Crippen LogP contribution >= 0.6 is 15.9 Å². The average molecular weight is 291 g/mol. The van der Waals surface area contributed by atoms with Crippen LogP contribution in [0.2, 0.25) is 0 Å². The highest BCUT2D eigenvalue weighted by Crippen LogP contribution is 2.37. The number of hydrogen-bond acceptors (Lipinski definition) is 1. The molecule has 0 saturated heterocycles. The molecule has 0 N–H and O–H groups in total. The van der Waals surface area contributed by atoms with Crippen molar-refractivity contribution in [3.63, 3.8) is 0 Å². The monoisotopic (exact) mass is 290 g/mol. The lowest BCUT2D eigenvalue weighted by Crippen LogP contribution is -2.28. The van der Waals surface area contributed by atoms with Crippen molar-refractivity contribution < 1.29 is 4.74 Å². The van der Waals surface area contributed by atoms with E-state index in [-0.39, 0.29) is 5.60 Å². The molecule has 1 aliphatic rings. The molecule has 0 amide bonds. The Labute approximate surface area is 109 Å². The van der Waals surface area contributed by atoms with Crippen LogP contribution in [0, 0.1) is 11.8 Å². The highest BCUT2D eigenvalue weighted by Gasteiger charge is 2.28. The van der Waals surface area contributed by atoms with E-state index in [0.717, 1.165) is 23.3 Å². The van der Waals surface area contributed by atoms with Gasteiger partial charge in [0.1, 0.15) is 0 Å². The summed E-state index contributed by atoms with van der Waals surface area (Å²) in [5, 5.41) is 0. The second-order valence-corrected chi connectivity index (χ2v) is 7.29. The van der Waals surface area contributed by atoms with Crippen LogP contribution in [0.1, 0.15) is 59.8 Å². The summed E-state index contributed by atoms with van der Waals surface area (Å²) in [6, 6.07) is 0. The van der Waals surface area contributed by atoms with Gasteiger partial charge in [-0.3, -0.25) is 0 Å².